The second-order valence-electron chi connectivity index (χ2n) is 4.64. The first kappa shape index (κ1) is 13.9. The lowest BCUT2D eigenvalue weighted by Gasteiger charge is -2.30. The Kier molecular flexibility index (Phi) is 5.68. The van der Waals surface area contributed by atoms with Crippen molar-refractivity contribution in [2.75, 3.05) is 38.5 Å². The summed E-state index contributed by atoms with van der Waals surface area (Å²) in [5.41, 5.74) is 0. The van der Waals surface area contributed by atoms with Crippen LogP contribution in [-0.2, 0) is 10.0 Å². The van der Waals surface area contributed by atoms with Gasteiger partial charge in [-0.25, -0.2) is 13.6 Å². The molecule has 0 atom stereocenters. The minimum atomic E-state index is -3.31. The summed E-state index contributed by atoms with van der Waals surface area (Å²) in [5.74, 6) is 0.871. The number of rotatable bonds is 6. The number of sulfonamides is 1. The van der Waals surface area contributed by atoms with Gasteiger partial charge in [0.15, 0.2) is 0 Å². The summed E-state index contributed by atoms with van der Waals surface area (Å²) in [6.07, 6.45) is 2.55. The Morgan fingerprint density at radius 1 is 1.31 bits per heavy atom. The fourth-order valence-electron chi connectivity index (χ4n) is 1.86. The van der Waals surface area contributed by atoms with Crippen LogP contribution in [0.5, 0.6) is 0 Å². The van der Waals surface area contributed by atoms with Crippen molar-refractivity contribution in [3.05, 3.63) is 0 Å². The quantitative estimate of drug-likeness (QED) is 0.628. The molecule has 0 unspecified atom stereocenters. The standard InChI is InChI=1S/C10H23N3O2S/c1-10-2-6-13(7-3-10)8-4-12-5-9-16(11,14)15/h10,12H,2-9H2,1H3,(H2,11,14,15). The van der Waals surface area contributed by atoms with Crippen LogP contribution in [-0.4, -0.2) is 51.8 Å². The Bertz CT molecular complexity index is 284. The molecule has 0 aromatic heterocycles. The van der Waals surface area contributed by atoms with Crippen LogP contribution >= 0.6 is 0 Å². The molecule has 1 saturated heterocycles. The first-order valence-electron chi connectivity index (χ1n) is 5.91. The number of hydrogen-bond acceptors (Lipinski definition) is 4. The highest BCUT2D eigenvalue weighted by Gasteiger charge is 2.14. The molecule has 1 aliphatic rings. The summed E-state index contributed by atoms with van der Waals surface area (Å²) < 4.78 is 21.3. The minimum Gasteiger partial charge on any atom is -0.314 e. The third kappa shape index (κ3) is 6.42. The number of nitrogens with zero attached hydrogens (tertiary/aromatic N) is 1. The van der Waals surface area contributed by atoms with Gasteiger partial charge in [-0.3, -0.25) is 0 Å². The van der Waals surface area contributed by atoms with Gasteiger partial charge in [-0.05, 0) is 31.8 Å². The van der Waals surface area contributed by atoms with E-state index in [2.05, 4.69) is 17.1 Å². The molecule has 5 nitrogen and oxygen atoms in total. The van der Waals surface area contributed by atoms with Gasteiger partial charge in [0, 0.05) is 19.6 Å². The van der Waals surface area contributed by atoms with Crippen molar-refractivity contribution in [3.63, 3.8) is 0 Å². The van der Waals surface area contributed by atoms with E-state index in [0.717, 1.165) is 32.1 Å². The molecule has 3 N–H and O–H groups in total. The molecule has 1 rings (SSSR count). The van der Waals surface area contributed by atoms with Gasteiger partial charge >= 0.3 is 0 Å². The number of hydrogen-bond donors (Lipinski definition) is 2. The molecule has 0 amide bonds. The highest BCUT2D eigenvalue weighted by atomic mass is 32.2. The van der Waals surface area contributed by atoms with Gasteiger partial charge in [-0.2, -0.15) is 0 Å². The first-order valence-corrected chi connectivity index (χ1v) is 7.62. The van der Waals surface area contributed by atoms with Crippen LogP contribution in [0.25, 0.3) is 0 Å². The summed E-state index contributed by atoms with van der Waals surface area (Å²) >= 11 is 0. The molecule has 96 valence electrons. The maximum atomic E-state index is 10.7. The van der Waals surface area contributed by atoms with Crippen LogP contribution in [0.4, 0.5) is 0 Å². The van der Waals surface area contributed by atoms with Crippen molar-refractivity contribution in [2.24, 2.45) is 11.1 Å². The third-order valence-corrected chi connectivity index (χ3v) is 3.82. The van der Waals surface area contributed by atoms with Gasteiger partial charge in [-0.1, -0.05) is 6.92 Å². The van der Waals surface area contributed by atoms with Gasteiger partial charge in [0.1, 0.15) is 0 Å². The number of likely N-dealkylation sites (tertiary alicyclic amines) is 1. The molecule has 0 bridgehead atoms. The molecular formula is C10H23N3O2S. The topological polar surface area (TPSA) is 75.4 Å². The number of nitrogens with one attached hydrogen (secondary N) is 1. The molecule has 0 aromatic rings. The van der Waals surface area contributed by atoms with Crippen LogP contribution in [0.15, 0.2) is 0 Å². The fourth-order valence-corrected chi connectivity index (χ4v) is 2.29. The molecule has 0 spiro atoms. The van der Waals surface area contributed by atoms with Gasteiger partial charge < -0.3 is 10.2 Å². The summed E-state index contributed by atoms with van der Waals surface area (Å²) in [5, 5.41) is 8.00. The Morgan fingerprint density at radius 2 is 1.94 bits per heavy atom. The Morgan fingerprint density at radius 3 is 2.50 bits per heavy atom. The highest BCUT2D eigenvalue weighted by molar-refractivity contribution is 7.89. The van der Waals surface area contributed by atoms with Crippen molar-refractivity contribution in [1.29, 1.82) is 0 Å². The zero-order valence-electron chi connectivity index (χ0n) is 9.98. The number of primary sulfonamides is 1. The Balaban J connectivity index is 1.99. The molecular weight excluding hydrogens is 226 g/mol. The summed E-state index contributed by atoms with van der Waals surface area (Å²) in [6, 6.07) is 0. The molecule has 6 heteroatoms. The zero-order valence-corrected chi connectivity index (χ0v) is 10.8. The van der Waals surface area contributed by atoms with E-state index in [1.165, 1.54) is 12.8 Å². The van der Waals surface area contributed by atoms with Gasteiger partial charge in [0.2, 0.25) is 10.0 Å². The zero-order chi connectivity index (χ0) is 12.0. The smallest absolute Gasteiger partial charge is 0.210 e. The lowest BCUT2D eigenvalue weighted by atomic mass is 9.99. The van der Waals surface area contributed by atoms with E-state index in [4.69, 9.17) is 5.14 Å². The lowest BCUT2D eigenvalue weighted by Crippen LogP contribution is -2.38. The largest absolute Gasteiger partial charge is 0.314 e. The number of nitrogens with two attached hydrogens (primary N) is 1. The summed E-state index contributed by atoms with van der Waals surface area (Å²) in [6.45, 7) is 6.90. The molecule has 1 aliphatic heterocycles. The second kappa shape index (κ2) is 6.54. The SMILES string of the molecule is CC1CCN(CCNCCS(N)(=O)=O)CC1. The first-order chi connectivity index (χ1) is 7.47. The van der Waals surface area contributed by atoms with Crippen molar-refractivity contribution in [3.8, 4) is 0 Å². The second-order valence-corrected chi connectivity index (χ2v) is 6.38. The van der Waals surface area contributed by atoms with E-state index >= 15 is 0 Å². The molecule has 0 saturated carbocycles. The van der Waals surface area contributed by atoms with E-state index in [1.54, 1.807) is 0 Å². The summed E-state index contributed by atoms with van der Waals surface area (Å²) in [4.78, 5) is 2.42. The molecule has 1 fully saturated rings. The van der Waals surface area contributed by atoms with Crippen molar-refractivity contribution >= 4 is 10.0 Å². The van der Waals surface area contributed by atoms with Gasteiger partial charge in [-0.15, -0.1) is 0 Å². The molecule has 0 aliphatic carbocycles. The molecule has 1 heterocycles. The maximum Gasteiger partial charge on any atom is 0.210 e. The average molecular weight is 249 g/mol. The van der Waals surface area contributed by atoms with Crippen LogP contribution in [0.2, 0.25) is 0 Å². The van der Waals surface area contributed by atoms with Crippen LogP contribution < -0.4 is 10.5 Å². The van der Waals surface area contributed by atoms with E-state index < -0.39 is 10.0 Å². The van der Waals surface area contributed by atoms with E-state index in [-0.39, 0.29) is 5.75 Å². The predicted octanol–water partition coefficient (Wildman–Crippen LogP) is -0.404. The predicted molar refractivity (Wildman–Crippen MR) is 65.7 cm³/mol. The van der Waals surface area contributed by atoms with E-state index in [1.807, 2.05) is 0 Å². The van der Waals surface area contributed by atoms with Crippen LogP contribution in [0.3, 0.4) is 0 Å². The minimum absolute atomic E-state index is 0.0179. The van der Waals surface area contributed by atoms with Crippen LogP contribution in [0.1, 0.15) is 19.8 Å². The highest BCUT2D eigenvalue weighted by Crippen LogP contribution is 2.14. The van der Waals surface area contributed by atoms with Crippen molar-refractivity contribution in [1.82, 2.24) is 10.2 Å². The Labute approximate surface area is 98.4 Å². The number of piperidine rings is 1. The normalized spacial score (nSPS) is 20.1. The monoisotopic (exact) mass is 249 g/mol. The molecule has 0 radical (unpaired) electrons. The van der Waals surface area contributed by atoms with Crippen LogP contribution in [0, 0.1) is 5.92 Å². The Hall–Kier alpha value is -0.170. The molecule has 0 aromatic carbocycles. The fraction of sp³-hybridized carbons (Fsp3) is 1.00. The maximum absolute atomic E-state index is 10.7. The average Bonchev–Trinajstić information content (AvgIpc) is 2.19. The summed E-state index contributed by atoms with van der Waals surface area (Å²) in [7, 11) is -3.31. The van der Waals surface area contributed by atoms with E-state index in [0.29, 0.717) is 6.54 Å². The lowest BCUT2D eigenvalue weighted by molar-refractivity contribution is 0.193. The van der Waals surface area contributed by atoms with E-state index in [9.17, 15) is 8.42 Å². The molecule has 16 heavy (non-hydrogen) atoms. The van der Waals surface area contributed by atoms with Gasteiger partial charge in [0.05, 0.1) is 5.75 Å². The van der Waals surface area contributed by atoms with Gasteiger partial charge in [0.25, 0.3) is 0 Å². The van der Waals surface area contributed by atoms with Crippen molar-refractivity contribution in [2.45, 2.75) is 19.8 Å². The van der Waals surface area contributed by atoms with Crippen molar-refractivity contribution < 1.29 is 8.42 Å². The third-order valence-electron chi connectivity index (χ3n) is 3.04.